The molecule has 0 heterocycles. The number of aromatic hydroxyl groups is 2. The maximum absolute atomic E-state index is 9.14. The Morgan fingerprint density at radius 3 is 1.29 bits per heavy atom. The van der Waals surface area contributed by atoms with E-state index in [1.807, 2.05) is 36.4 Å². The minimum atomic E-state index is -0.181. The largest absolute Gasteiger partial charge is 1.00 e. The molecule has 42 heavy (non-hydrogen) atoms. The van der Waals surface area contributed by atoms with Crippen LogP contribution in [0.25, 0.3) is 21.5 Å². The van der Waals surface area contributed by atoms with Crippen molar-refractivity contribution in [2.75, 3.05) is 18.5 Å². The van der Waals surface area contributed by atoms with Crippen LogP contribution in [0, 0.1) is 0 Å². The SMILES string of the molecule is C.C.C=CCBr.C=CCOc1ccc2cc(OCC=C)ccc2c1.O=CO[O-].Oc1ccc2cc(O)ccc2c1.[H-].[K+].[K+]. The van der Waals surface area contributed by atoms with E-state index in [1.54, 1.807) is 54.6 Å². The minimum Gasteiger partial charge on any atom is -1.00 e. The summed E-state index contributed by atoms with van der Waals surface area (Å²) in [5.41, 5.74) is 0. The molecule has 0 bridgehead atoms. The van der Waals surface area contributed by atoms with Gasteiger partial charge in [-0.1, -0.05) is 86.4 Å². The first-order valence-corrected chi connectivity index (χ1v) is 12.4. The van der Waals surface area contributed by atoms with Crippen molar-refractivity contribution in [1.82, 2.24) is 0 Å². The molecule has 0 saturated heterocycles. The Morgan fingerprint density at radius 1 is 0.690 bits per heavy atom. The summed E-state index contributed by atoms with van der Waals surface area (Å²) < 4.78 is 11.0. The van der Waals surface area contributed by atoms with Crippen LogP contribution in [0.3, 0.4) is 0 Å². The first-order chi connectivity index (χ1) is 18.4. The van der Waals surface area contributed by atoms with Gasteiger partial charge in [-0.2, -0.15) is 0 Å². The van der Waals surface area contributed by atoms with E-state index in [-0.39, 0.29) is 137 Å². The van der Waals surface area contributed by atoms with Crippen LogP contribution in [0.2, 0.25) is 0 Å². The van der Waals surface area contributed by atoms with E-state index in [0.717, 1.165) is 38.4 Å². The molecule has 4 aromatic rings. The molecule has 218 valence electrons. The third-order valence-corrected chi connectivity index (χ3v) is 4.93. The second kappa shape index (κ2) is 30.0. The van der Waals surface area contributed by atoms with Gasteiger partial charge in [0.1, 0.15) is 36.2 Å². The second-order valence-electron chi connectivity index (χ2n) is 7.22. The molecule has 0 saturated carbocycles. The number of rotatable bonds is 8. The fourth-order valence-corrected chi connectivity index (χ4v) is 2.91. The van der Waals surface area contributed by atoms with E-state index >= 15 is 0 Å². The number of benzene rings is 4. The predicted octanol–water partition coefficient (Wildman–Crippen LogP) is 1.62. The van der Waals surface area contributed by atoms with Gasteiger partial charge in [0.15, 0.2) is 0 Å². The van der Waals surface area contributed by atoms with Gasteiger partial charge in [0.2, 0.25) is 0 Å². The van der Waals surface area contributed by atoms with Crippen molar-refractivity contribution in [1.29, 1.82) is 0 Å². The average molecular weight is 694 g/mol. The molecular formula is C32H39BrK2O7. The van der Waals surface area contributed by atoms with E-state index in [2.05, 4.69) is 40.6 Å². The van der Waals surface area contributed by atoms with Gasteiger partial charge >= 0.3 is 103 Å². The molecule has 10 heteroatoms. The number of allylic oxidation sites excluding steroid dienone is 1. The normalized spacial score (nSPS) is 8.33. The number of carbonyl (C=O) groups is 1. The second-order valence-corrected chi connectivity index (χ2v) is 7.87. The van der Waals surface area contributed by atoms with Crippen molar-refractivity contribution in [2.45, 2.75) is 14.9 Å². The van der Waals surface area contributed by atoms with Crippen molar-refractivity contribution >= 4 is 43.9 Å². The van der Waals surface area contributed by atoms with E-state index in [1.165, 1.54) is 0 Å². The summed E-state index contributed by atoms with van der Waals surface area (Å²) in [6, 6.07) is 22.0. The third kappa shape index (κ3) is 20.1. The van der Waals surface area contributed by atoms with Crippen LogP contribution < -0.4 is 118 Å². The summed E-state index contributed by atoms with van der Waals surface area (Å²) >= 11 is 3.13. The molecule has 0 radical (unpaired) electrons. The molecule has 7 nitrogen and oxygen atoms in total. The summed E-state index contributed by atoms with van der Waals surface area (Å²) in [4.78, 5) is 11.2. The molecule has 0 unspecified atom stereocenters. The Labute approximate surface area is 344 Å². The van der Waals surface area contributed by atoms with Crippen LogP contribution in [0.4, 0.5) is 0 Å². The first-order valence-electron chi connectivity index (χ1n) is 11.2. The number of alkyl halides is 1. The van der Waals surface area contributed by atoms with E-state index in [4.69, 9.17) is 29.7 Å². The molecule has 0 amide bonds. The maximum Gasteiger partial charge on any atom is 1.00 e. The monoisotopic (exact) mass is 692 g/mol. The van der Waals surface area contributed by atoms with Gasteiger partial charge in [-0.3, -0.25) is 4.79 Å². The Kier molecular flexibility index (Phi) is 34.3. The van der Waals surface area contributed by atoms with Crippen LogP contribution in [0.15, 0.2) is 111 Å². The first kappa shape index (κ1) is 47.9. The summed E-state index contributed by atoms with van der Waals surface area (Å²) in [7, 11) is 0. The van der Waals surface area contributed by atoms with Gasteiger partial charge in [-0.25, -0.2) is 0 Å². The molecule has 0 aliphatic carbocycles. The zero-order valence-corrected chi connectivity index (χ0v) is 30.6. The van der Waals surface area contributed by atoms with E-state index in [0.29, 0.717) is 13.2 Å². The third-order valence-electron chi connectivity index (χ3n) is 4.47. The Bertz CT molecular complexity index is 1220. The van der Waals surface area contributed by atoms with Crippen LogP contribution >= 0.6 is 15.9 Å². The molecular weight excluding hydrogens is 654 g/mol. The van der Waals surface area contributed by atoms with Gasteiger partial charge in [0.05, 0.1) is 0 Å². The number of ether oxygens (including phenoxy) is 2. The van der Waals surface area contributed by atoms with E-state index in [9.17, 15) is 0 Å². The molecule has 0 aliphatic heterocycles. The zero-order valence-electron chi connectivity index (χ0n) is 23.8. The van der Waals surface area contributed by atoms with Gasteiger partial charge in [-0.05, 0) is 70.1 Å². The van der Waals surface area contributed by atoms with E-state index < -0.39 is 0 Å². The molecule has 0 spiro atoms. The summed E-state index contributed by atoms with van der Waals surface area (Å²) in [6.45, 7) is 11.5. The van der Waals surface area contributed by atoms with Crippen LogP contribution in [-0.2, 0) is 9.68 Å². The maximum atomic E-state index is 9.14. The number of carbonyl (C=O) groups excluding carboxylic acids is 1. The summed E-state index contributed by atoms with van der Waals surface area (Å²) in [5.74, 6) is 2.19. The van der Waals surface area contributed by atoms with Crippen molar-refractivity contribution in [3.63, 3.8) is 0 Å². The van der Waals surface area contributed by atoms with Gasteiger partial charge < -0.3 is 31.3 Å². The van der Waals surface area contributed by atoms with Gasteiger partial charge in [0.25, 0.3) is 6.47 Å². The number of halogens is 1. The summed E-state index contributed by atoms with van der Waals surface area (Å²) in [5, 5.41) is 31.7. The Balaban J connectivity index is -0.000000169. The topological polar surface area (TPSA) is 108 Å². The molecule has 4 rings (SSSR count). The fourth-order valence-electron chi connectivity index (χ4n) is 2.91. The predicted molar refractivity (Wildman–Crippen MR) is 168 cm³/mol. The molecule has 4 aromatic carbocycles. The fraction of sp³-hybridized carbons (Fsp3) is 0.156. The minimum absolute atomic E-state index is 0. The number of hydrogen-bond donors (Lipinski definition) is 2. The Morgan fingerprint density at radius 2 is 1.00 bits per heavy atom. The van der Waals surface area contributed by atoms with Crippen LogP contribution in [0.1, 0.15) is 16.3 Å². The summed E-state index contributed by atoms with van der Waals surface area (Å²) in [6.07, 6.45) is 5.26. The van der Waals surface area contributed by atoms with Gasteiger partial charge in [-0.15, -0.1) is 6.58 Å². The standard InChI is InChI=1S/C16H16O2.C10H8O2.C3H5Br.CH2O3.2CH4.2K.H/c1-3-9-17-15-7-5-14-12-16(18-10-4-2)8-6-13(14)11-15;11-9-3-1-7-5-10(12)4-2-8(7)6-9;1-2-3-4;2-1-4-3;;;;;/h3-8,11-12H,1-2,9-10H2;1-6,11-12H;2H,1,3H2;1,3H;2*1H4;;;/q;;;;;;2*+1;-1/p-1. The quantitative estimate of drug-likeness (QED) is 0.0722. The van der Waals surface area contributed by atoms with Crippen LogP contribution in [-0.4, -0.2) is 35.2 Å². The number of fused-ring (bicyclic) bond motifs is 2. The zero-order chi connectivity index (χ0) is 28.2. The van der Waals surface area contributed by atoms with Gasteiger partial charge in [0, 0.05) is 5.33 Å². The Hall–Kier alpha value is -0.997. The average Bonchev–Trinajstić information content (AvgIpc) is 2.95. The number of phenols is 2. The molecule has 0 aliphatic rings. The molecule has 0 atom stereocenters. The number of hydrogen-bond acceptors (Lipinski definition) is 7. The van der Waals surface area contributed by atoms with Crippen molar-refractivity contribution in [2.24, 2.45) is 0 Å². The van der Waals surface area contributed by atoms with Crippen LogP contribution in [0.5, 0.6) is 23.0 Å². The van der Waals surface area contributed by atoms with Crippen molar-refractivity contribution in [3.8, 4) is 23.0 Å². The van der Waals surface area contributed by atoms with Crippen molar-refractivity contribution in [3.05, 3.63) is 111 Å². The molecule has 0 fully saturated rings. The molecule has 2 N–H and O–H groups in total. The smallest absolute Gasteiger partial charge is 1.00 e. The molecule has 0 aromatic heterocycles. The van der Waals surface area contributed by atoms with Crippen molar-refractivity contribution < 1.29 is 139 Å². The number of phenolic OH excluding ortho intramolecular Hbond substituents is 2.